The van der Waals surface area contributed by atoms with Crippen molar-refractivity contribution >= 4 is 62.4 Å². The van der Waals surface area contributed by atoms with Crippen LogP contribution in [0.5, 0.6) is 11.5 Å². The van der Waals surface area contributed by atoms with Gasteiger partial charge in [-0.15, -0.1) is 0 Å². The molecule has 4 bridgehead atoms. The maximum absolute atomic E-state index is 14.2. The summed E-state index contributed by atoms with van der Waals surface area (Å²) in [6.07, 6.45) is 11.5. The molecule has 4 aromatic carbocycles. The highest BCUT2D eigenvalue weighted by molar-refractivity contribution is 6.24. The molecule has 12 nitrogen and oxygen atoms in total. The van der Waals surface area contributed by atoms with Crippen LogP contribution < -0.4 is 19.3 Å². The quantitative estimate of drug-likeness (QED) is 0.122. The fourth-order valence-electron chi connectivity index (χ4n) is 11.1. The summed E-state index contributed by atoms with van der Waals surface area (Å²) in [4.78, 5) is 76.5. The molecule has 12 heteroatoms. The van der Waals surface area contributed by atoms with Gasteiger partial charge in [0.05, 0.1) is 54.8 Å². The van der Waals surface area contributed by atoms with Gasteiger partial charge in [-0.2, -0.15) is 0 Å². The Morgan fingerprint density at radius 3 is 1.77 bits per heavy atom. The van der Waals surface area contributed by atoms with E-state index in [2.05, 4.69) is 23.2 Å². The summed E-state index contributed by atoms with van der Waals surface area (Å²) >= 11 is 0. The lowest BCUT2D eigenvalue weighted by molar-refractivity contribution is -0.124. The molecule has 12 rings (SSSR count). The maximum Gasteiger partial charge on any atom is 0.238 e. The van der Waals surface area contributed by atoms with Crippen molar-refractivity contribution in [1.29, 1.82) is 0 Å². The van der Waals surface area contributed by atoms with E-state index in [-0.39, 0.29) is 59.1 Å². The Kier molecular flexibility index (Phi) is 7.40. The van der Waals surface area contributed by atoms with Gasteiger partial charge in [0, 0.05) is 40.4 Å². The first-order valence-electron chi connectivity index (χ1n) is 20.3. The SMILES string of the molecule is COc1ccc2cnc(-c3ccc(N4C(=O)C5C6C=C(c7cc(OC)c8nc(-c9ccc(N%10C(=O)C%11C%12C=CC(C%12)C%11C%10=O)cc9)ncc8c7)C(C6)C5C4=O)cc3)nc2c1. The predicted molar refractivity (Wildman–Crippen MR) is 222 cm³/mol. The lowest BCUT2D eigenvalue weighted by atomic mass is 9.79. The fourth-order valence-corrected chi connectivity index (χ4v) is 11.1. The topological polar surface area (TPSA) is 145 Å². The molecule has 4 amide bonds. The first-order valence-corrected chi connectivity index (χ1v) is 20.3. The van der Waals surface area contributed by atoms with Gasteiger partial charge in [-0.05, 0) is 120 Å². The van der Waals surface area contributed by atoms with Crippen molar-refractivity contribution in [2.24, 2.45) is 47.3 Å². The first kappa shape index (κ1) is 34.9. The van der Waals surface area contributed by atoms with Gasteiger partial charge in [-0.1, -0.05) is 18.2 Å². The number of nitrogens with zero attached hydrogens (tertiary/aromatic N) is 6. The number of hydrogen-bond donors (Lipinski definition) is 0. The zero-order valence-corrected chi connectivity index (χ0v) is 32.6. The summed E-state index contributed by atoms with van der Waals surface area (Å²) in [6, 6.07) is 24.1. The van der Waals surface area contributed by atoms with Gasteiger partial charge in [0.15, 0.2) is 11.6 Å². The van der Waals surface area contributed by atoms with E-state index < -0.39 is 11.8 Å². The normalized spacial score (nSPS) is 27.1. The number of benzene rings is 4. The molecule has 2 aromatic heterocycles. The van der Waals surface area contributed by atoms with Crippen LogP contribution in [0, 0.1) is 47.3 Å². The molecular formula is C48H36N6O6. The molecule has 2 aliphatic heterocycles. The van der Waals surface area contributed by atoms with Crippen molar-refractivity contribution in [3.63, 3.8) is 0 Å². The molecule has 4 aliphatic carbocycles. The summed E-state index contributed by atoms with van der Waals surface area (Å²) in [5.41, 5.74) is 5.93. The number of allylic oxidation sites excluding steroid dienone is 4. The second kappa shape index (κ2) is 12.7. The second-order valence-corrected chi connectivity index (χ2v) is 16.7. The summed E-state index contributed by atoms with van der Waals surface area (Å²) < 4.78 is 11.3. The molecule has 8 unspecified atom stereocenters. The van der Waals surface area contributed by atoms with Crippen molar-refractivity contribution in [3.8, 4) is 34.3 Å². The van der Waals surface area contributed by atoms with Crippen LogP contribution in [-0.2, 0) is 19.2 Å². The molecule has 2 saturated heterocycles. The van der Waals surface area contributed by atoms with Gasteiger partial charge in [0.1, 0.15) is 17.0 Å². The molecule has 6 aliphatic rings. The van der Waals surface area contributed by atoms with E-state index >= 15 is 0 Å². The van der Waals surface area contributed by atoms with Crippen molar-refractivity contribution in [2.75, 3.05) is 24.0 Å². The van der Waals surface area contributed by atoms with Gasteiger partial charge in [-0.3, -0.25) is 29.0 Å². The number of aromatic nitrogens is 4. The number of fused-ring (bicyclic) bond motifs is 12. The molecular weight excluding hydrogens is 757 g/mol. The standard InChI is InChI=1S/C48H36N6O6/c1-59-33-14-9-27-21-49-43(51-36(27)20-33)23-5-10-32(11-6-23)54-47(57)40-29-17-34(35(18-29)41(40)48(54)58)28-16-30-22-50-44(52-42(30)37(19-28)60-2)24-7-12-31(13-8-24)53-45(55)38-25-3-4-26(15-25)39(38)46(53)56/h3-14,16-17,19-22,25-26,29,35,38-41H,15,18H2,1-2H3. The van der Waals surface area contributed by atoms with E-state index in [9.17, 15) is 19.2 Å². The van der Waals surface area contributed by atoms with Crippen LogP contribution in [0.3, 0.4) is 0 Å². The number of hydrogen-bond acceptors (Lipinski definition) is 10. The first-order chi connectivity index (χ1) is 29.3. The number of imide groups is 2. The Labute approximate surface area is 343 Å². The van der Waals surface area contributed by atoms with Crippen LogP contribution in [-0.4, -0.2) is 57.8 Å². The van der Waals surface area contributed by atoms with Gasteiger partial charge in [0.2, 0.25) is 23.6 Å². The third kappa shape index (κ3) is 4.90. The Morgan fingerprint density at radius 2 is 1.15 bits per heavy atom. The fraction of sp³-hybridized carbons (Fsp3) is 0.250. The molecule has 6 aromatic rings. The number of rotatable bonds is 7. The molecule has 0 spiro atoms. The van der Waals surface area contributed by atoms with Crippen LogP contribution in [0.25, 0.3) is 50.2 Å². The van der Waals surface area contributed by atoms with Crippen LogP contribution in [0.4, 0.5) is 11.4 Å². The largest absolute Gasteiger partial charge is 0.497 e. The number of ether oxygens (including phenoxy) is 2. The lowest BCUT2D eigenvalue weighted by Gasteiger charge is -2.23. The Bertz CT molecular complexity index is 2930. The summed E-state index contributed by atoms with van der Waals surface area (Å²) in [7, 11) is 3.22. The average molecular weight is 793 g/mol. The number of carbonyl (C=O) groups is 4. The third-order valence-electron chi connectivity index (χ3n) is 13.8. The van der Waals surface area contributed by atoms with E-state index in [1.807, 2.05) is 54.6 Å². The maximum atomic E-state index is 14.2. The zero-order chi connectivity index (χ0) is 40.6. The Morgan fingerprint density at radius 1 is 0.567 bits per heavy atom. The Hall–Kier alpha value is -7.08. The number of amides is 4. The Balaban J connectivity index is 0.785. The minimum atomic E-state index is -0.457. The molecule has 0 N–H and O–H groups in total. The van der Waals surface area contributed by atoms with Crippen molar-refractivity contribution in [3.05, 3.63) is 115 Å². The van der Waals surface area contributed by atoms with Crippen LogP contribution >= 0.6 is 0 Å². The van der Waals surface area contributed by atoms with E-state index in [4.69, 9.17) is 24.4 Å². The van der Waals surface area contributed by atoms with E-state index in [0.29, 0.717) is 40.0 Å². The number of anilines is 2. The predicted octanol–water partition coefficient (Wildman–Crippen LogP) is 7.07. The lowest BCUT2D eigenvalue weighted by Crippen LogP contribution is -2.32. The van der Waals surface area contributed by atoms with Crippen molar-refractivity contribution in [1.82, 2.24) is 19.9 Å². The highest BCUT2D eigenvalue weighted by atomic mass is 16.5. The van der Waals surface area contributed by atoms with Gasteiger partial charge in [0.25, 0.3) is 0 Å². The average Bonchev–Trinajstić information content (AvgIpc) is 4.15. The molecule has 8 atom stereocenters. The highest BCUT2D eigenvalue weighted by Gasteiger charge is 2.62. The highest BCUT2D eigenvalue weighted by Crippen LogP contribution is 2.59. The van der Waals surface area contributed by atoms with Gasteiger partial charge >= 0.3 is 0 Å². The molecule has 0 radical (unpaired) electrons. The van der Waals surface area contributed by atoms with E-state index in [1.165, 1.54) is 9.80 Å². The molecule has 4 fully saturated rings. The number of methoxy groups -OCH3 is 2. The van der Waals surface area contributed by atoms with Crippen LogP contribution in [0.2, 0.25) is 0 Å². The second-order valence-electron chi connectivity index (χ2n) is 16.7. The molecule has 60 heavy (non-hydrogen) atoms. The molecule has 294 valence electrons. The summed E-state index contributed by atoms with van der Waals surface area (Å²) in [5.74, 6) is 0.481. The van der Waals surface area contributed by atoms with E-state index in [1.54, 1.807) is 50.9 Å². The molecule has 2 saturated carbocycles. The third-order valence-corrected chi connectivity index (χ3v) is 13.8. The van der Waals surface area contributed by atoms with Gasteiger partial charge in [-0.25, -0.2) is 19.9 Å². The monoisotopic (exact) mass is 792 g/mol. The van der Waals surface area contributed by atoms with Crippen LogP contribution in [0.1, 0.15) is 18.4 Å². The summed E-state index contributed by atoms with van der Waals surface area (Å²) in [6.45, 7) is 0. The minimum Gasteiger partial charge on any atom is -0.497 e. The molecule has 4 heterocycles. The van der Waals surface area contributed by atoms with Crippen molar-refractivity contribution in [2.45, 2.75) is 12.8 Å². The van der Waals surface area contributed by atoms with Gasteiger partial charge < -0.3 is 9.47 Å². The van der Waals surface area contributed by atoms with Crippen LogP contribution in [0.15, 0.2) is 109 Å². The number of carbonyl (C=O) groups excluding carboxylic acids is 4. The van der Waals surface area contributed by atoms with E-state index in [0.717, 1.165) is 51.4 Å². The zero-order valence-electron chi connectivity index (χ0n) is 32.6. The van der Waals surface area contributed by atoms with Crippen molar-refractivity contribution < 1.29 is 28.7 Å². The smallest absolute Gasteiger partial charge is 0.238 e. The minimum absolute atomic E-state index is 0.0560. The summed E-state index contributed by atoms with van der Waals surface area (Å²) in [5, 5.41) is 1.67.